The highest BCUT2D eigenvalue weighted by molar-refractivity contribution is 6.03. The van der Waals surface area contributed by atoms with Gasteiger partial charge in [0.05, 0.1) is 28.4 Å². The van der Waals surface area contributed by atoms with Gasteiger partial charge in [-0.05, 0) is 38.1 Å². The summed E-state index contributed by atoms with van der Waals surface area (Å²) >= 11 is 0. The van der Waals surface area contributed by atoms with Crippen molar-refractivity contribution in [3.05, 3.63) is 140 Å². The van der Waals surface area contributed by atoms with E-state index in [0.29, 0.717) is 28.3 Å². The molecule has 0 atom stereocenters. The maximum Gasteiger partial charge on any atom is 0.275 e. The molecule has 0 aliphatic rings. The van der Waals surface area contributed by atoms with E-state index < -0.39 is 5.92 Å². The van der Waals surface area contributed by atoms with E-state index in [2.05, 4.69) is 10.2 Å². The van der Waals surface area contributed by atoms with Crippen molar-refractivity contribution in [1.82, 2.24) is 19.6 Å². The minimum Gasteiger partial charge on any atom is -0.295 e. The Morgan fingerprint density at radius 3 is 1.40 bits per heavy atom. The fraction of sp³-hybridized carbons (Fsp3) is 0.107. The van der Waals surface area contributed by atoms with Gasteiger partial charge in [-0.15, -0.1) is 0 Å². The molecule has 0 saturated carbocycles. The SMILES string of the molecule is Cc1[nH]n(-c2ccccc2)c(=O)c1C(C(=O)c1ccccc1)c1c(C)[nH]n(-c2ccccc2)c1=O. The first-order valence-electron chi connectivity index (χ1n) is 11.3. The monoisotopic (exact) mass is 464 g/mol. The Bertz CT molecular complexity index is 1510. The number of hydrogen-bond acceptors (Lipinski definition) is 3. The van der Waals surface area contributed by atoms with Crippen molar-refractivity contribution < 1.29 is 4.79 Å². The van der Waals surface area contributed by atoms with E-state index in [-0.39, 0.29) is 28.0 Å². The van der Waals surface area contributed by atoms with Crippen LogP contribution in [0.4, 0.5) is 0 Å². The first kappa shape index (κ1) is 22.2. The lowest BCUT2D eigenvalue weighted by Crippen LogP contribution is -2.29. The van der Waals surface area contributed by atoms with E-state index in [9.17, 15) is 14.4 Å². The number of para-hydroxylation sites is 2. The summed E-state index contributed by atoms with van der Waals surface area (Å²) in [5.41, 5.74) is 2.54. The predicted octanol–water partition coefficient (Wildman–Crippen LogP) is 4.28. The number of aryl methyl sites for hydroxylation is 2. The smallest absolute Gasteiger partial charge is 0.275 e. The number of aromatic nitrogens is 4. The lowest BCUT2D eigenvalue weighted by Gasteiger charge is -2.14. The Hall–Kier alpha value is -4.65. The Morgan fingerprint density at radius 1 is 0.629 bits per heavy atom. The molecular weight excluding hydrogens is 440 g/mol. The second-order valence-corrected chi connectivity index (χ2v) is 8.42. The van der Waals surface area contributed by atoms with Crippen LogP contribution in [0.5, 0.6) is 0 Å². The average Bonchev–Trinajstić information content (AvgIpc) is 3.36. The van der Waals surface area contributed by atoms with Gasteiger partial charge in [0.25, 0.3) is 11.1 Å². The molecule has 0 fully saturated rings. The van der Waals surface area contributed by atoms with Gasteiger partial charge in [0.1, 0.15) is 0 Å². The maximum atomic E-state index is 13.9. The number of hydrogen-bond donors (Lipinski definition) is 2. The molecule has 0 amide bonds. The van der Waals surface area contributed by atoms with Crippen molar-refractivity contribution in [2.75, 3.05) is 0 Å². The summed E-state index contributed by atoms with van der Waals surface area (Å²) in [6, 6.07) is 27.0. The number of carbonyl (C=O) groups is 1. The summed E-state index contributed by atoms with van der Waals surface area (Å²) < 4.78 is 2.82. The molecule has 5 rings (SSSR count). The van der Waals surface area contributed by atoms with Crippen molar-refractivity contribution in [2.45, 2.75) is 19.8 Å². The summed E-state index contributed by atoms with van der Waals surface area (Å²) in [5.74, 6) is -1.40. The van der Waals surface area contributed by atoms with Crippen molar-refractivity contribution >= 4 is 5.78 Å². The molecule has 2 N–H and O–H groups in total. The van der Waals surface area contributed by atoms with Gasteiger partial charge in [0.15, 0.2) is 5.78 Å². The lowest BCUT2D eigenvalue weighted by atomic mass is 9.85. The van der Waals surface area contributed by atoms with Crippen LogP contribution in [0.3, 0.4) is 0 Å². The highest BCUT2D eigenvalue weighted by atomic mass is 16.1. The van der Waals surface area contributed by atoms with Crippen LogP contribution >= 0.6 is 0 Å². The Kier molecular flexibility index (Phi) is 5.66. The molecule has 0 aliphatic heterocycles. The predicted molar refractivity (Wildman–Crippen MR) is 135 cm³/mol. The highest BCUT2D eigenvalue weighted by Crippen LogP contribution is 2.29. The first-order valence-corrected chi connectivity index (χ1v) is 11.3. The zero-order valence-corrected chi connectivity index (χ0v) is 19.4. The minimum atomic E-state index is -1.08. The summed E-state index contributed by atoms with van der Waals surface area (Å²) in [5, 5.41) is 6.19. The molecule has 5 aromatic rings. The molecule has 0 aliphatic carbocycles. The number of nitrogens with zero attached hydrogens (tertiary/aromatic N) is 2. The molecular formula is C28H24N4O3. The number of benzene rings is 3. The van der Waals surface area contributed by atoms with Crippen LogP contribution < -0.4 is 11.1 Å². The van der Waals surface area contributed by atoms with E-state index in [1.807, 2.05) is 42.5 Å². The van der Waals surface area contributed by atoms with Gasteiger partial charge in [0, 0.05) is 17.0 Å². The molecule has 0 radical (unpaired) electrons. The minimum absolute atomic E-state index is 0.252. The number of ketones is 1. The van der Waals surface area contributed by atoms with Crippen molar-refractivity contribution in [3.63, 3.8) is 0 Å². The Morgan fingerprint density at radius 2 is 1.00 bits per heavy atom. The third kappa shape index (κ3) is 3.87. The van der Waals surface area contributed by atoms with Crippen molar-refractivity contribution in [3.8, 4) is 11.4 Å². The van der Waals surface area contributed by atoms with Crippen LogP contribution in [0, 0.1) is 13.8 Å². The van der Waals surface area contributed by atoms with E-state index >= 15 is 0 Å². The molecule has 3 aromatic carbocycles. The third-order valence-electron chi connectivity index (χ3n) is 6.16. The van der Waals surface area contributed by atoms with Gasteiger partial charge in [0.2, 0.25) is 0 Å². The highest BCUT2D eigenvalue weighted by Gasteiger charge is 2.35. The van der Waals surface area contributed by atoms with E-state index in [0.717, 1.165) is 0 Å². The van der Waals surface area contributed by atoms with Crippen molar-refractivity contribution in [1.29, 1.82) is 0 Å². The Balaban J connectivity index is 1.76. The van der Waals surface area contributed by atoms with Gasteiger partial charge in [-0.1, -0.05) is 66.7 Å². The van der Waals surface area contributed by atoms with Crippen LogP contribution in [-0.4, -0.2) is 25.3 Å². The number of rotatable bonds is 6. The summed E-state index contributed by atoms with van der Waals surface area (Å²) in [4.78, 5) is 41.3. The molecule has 0 spiro atoms. The maximum absolute atomic E-state index is 13.9. The Labute approximate surface area is 201 Å². The number of aromatic amines is 2. The summed E-state index contributed by atoms with van der Waals surface area (Å²) in [6.07, 6.45) is 0. The van der Waals surface area contributed by atoms with Gasteiger partial charge in [-0.25, -0.2) is 9.36 Å². The van der Waals surface area contributed by atoms with Gasteiger partial charge in [-0.2, -0.15) is 0 Å². The number of H-pyrrole nitrogens is 2. The quantitative estimate of drug-likeness (QED) is 0.368. The normalized spacial score (nSPS) is 11.2. The molecule has 2 aromatic heterocycles. The number of carbonyl (C=O) groups excluding carboxylic acids is 1. The average molecular weight is 465 g/mol. The third-order valence-corrected chi connectivity index (χ3v) is 6.16. The summed E-state index contributed by atoms with van der Waals surface area (Å²) in [6.45, 7) is 3.50. The molecule has 0 unspecified atom stereocenters. The zero-order chi connectivity index (χ0) is 24.5. The van der Waals surface area contributed by atoms with Crippen molar-refractivity contribution in [2.24, 2.45) is 0 Å². The van der Waals surface area contributed by atoms with Crippen LogP contribution in [0.15, 0.2) is 101 Å². The molecule has 0 saturated heterocycles. The fourth-order valence-corrected chi connectivity index (χ4v) is 4.49. The van der Waals surface area contributed by atoms with E-state index in [1.54, 1.807) is 62.4 Å². The molecule has 2 heterocycles. The van der Waals surface area contributed by atoms with E-state index in [4.69, 9.17) is 0 Å². The van der Waals surface area contributed by atoms with Crippen LogP contribution in [0.2, 0.25) is 0 Å². The standard InChI is InChI=1S/C28H24N4O3/c1-18-23(27(34)31(29-18)21-14-8-4-9-15-21)25(26(33)20-12-6-3-7-13-20)24-19(2)30-32(28(24)35)22-16-10-5-11-17-22/h3-17,25,29-30H,1-2H3. The zero-order valence-electron chi connectivity index (χ0n) is 19.4. The molecule has 7 heteroatoms. The summed E-state index contributed by atoms with van der Waals surface area (Å²) in [7, 11) is 0. The first-order chi connectivity index (χ1) is 17.0. The fourth-order valence-electron chi connectivity index (χ4n) is 4.49. The molecule has 35 heavy (non-hydrogen) atoms. The number of Topliss-reactive ketones (excluding diaryl/α,β-unsaturated/α-hetero) is 1. The van der Waals surface area contributed by atoms with Gasteiger partial charge in [-0.3, -0.25) is 24.6 Å². The lowest BCUT2D eigenvalue weighted by molar-refractivity contribution is 0.0972. The van der Waals surface area contributed by atoms with Crippen LogP contribution in [-0.2, 0) is 0 Å². The second kappa shape index (κ2) is 8.95. The molecule has 7 nitrogen and oxygen atoms in total. The molecule has 0 bridgehead atoms. The van der Waals surface area contributed by atoms with E-state index in [1.165, 1.54) is 9.36 Å². The van der Waals surface area contributed by atoms with Gasteiger partial charge < -0.3 is 0 Å². The topological polar surface area (TPSA) is 92.7 Å². The van der Waals surface area contributed by atoms with Gasteiger partial charge >= 0.3 is 0 Å². The largest absolute Gasteiger partial charge is 0.295 e. The second-order valence-electron chi connectivity index (χ2n) is 8.42. The van der Waals surface area contributed by atoms with Crippen LogP contribution in [0.1, 0.15) is 38.8 Å². The van der Waals surface area contributed by atoms with Crippen LogP contribution in [0.25, 0.3) is 11.4 Å². The molecule has 174 valence electrons. The number of nitrogens with one attached hydrogen (secondary N) is 2.